The van der Waals surface area contributed by atoms with Crippen LogP contribution in [0, 0.1) is 55.4 Å². The van der Waals surface area contributed by atoms with Gasteiger partial charge in [-0.3, -0.25) is 24.3 Å². The molecule has 1 saturated heterocycles. The van der Waals surface area contributed by atoms with Gasteiger partial charge in [-0.15, -0.1) is 0 Å². The van der Waals surface area contributed by atoms with Gasteiger partial charge in [0.15, 0.2) is 6.73 Å². The van der Waals surface area contributed by atoms with Crippen LogP contribution in [-0.4, -0.2) is 146 Å². The van der Waals surface area contributed by atoms with Crippen molar-refractivity contribution >= 4 is 110 Å². The van der Waals surface area contributed by atoms with Crippen LogP contribution in [-0.2, 0) is 6.54 Å². The summed E-state index contributed by atoms with van der Waals surface area (Å²) in [6.07, 6.45) is 1.79. The average Bonchev–Trinajstić information content (AvgIpc) is 0.815. The number of halogens is 5. The number of amides is 3. The second-order valence-electron chi connectivity index (χ2n) is 27.5. The number of carbonyl (C=O) groups excluding carboxylic acids is 3. The third-order valence-electron chi connectivity index (χ3n) is 18.1. The topological polar surface area (TPSA) is 171 Å². The number of benzene rings is 10. The first-order valence-electron chi connectivity index (χ1n) is 37.1. The second-order valence-corrected chi connectivity index (χ2v) is 29.5. The van der Waals surface area contributed by atoms with Crippen LogP contribution in [0.4, 0.5) is 28.4 Å². The lowest BCUT2D eigenvalue weighted by Crippen LogP contribution is -2.44. The molecule has 2 aliphatic rings. The highest BCUT2D eigenvalue weighted by molar-refractivity contribution is 6.33. The molecule has 1 fully saturated rings. The lowest BCUT2D eigenvalue weighted by Gasteiger charge is -2.32. The number of aliphatic imine (C=N–C) groups is 1. The maximum absolute atomic E-state index is 12.9. The number of fused-ring (bicyclic) bond motifs is 1. The van der Waals surface area contributed by atoms with Gasteiger partial charge in [-0.25, -0.2) is 0 Å². The van der Waals surface area contributed by atoms with Crippen molar-refractivity contribution in [2.75, 3.05) is 128 Å². The third kappa shape index (κ3) is 27.3. The number of piperazine rings is 1. The first kappa shape index (κ1) is 87.9. The van der Waals surface area contributed by atoms with Crippen LogP contribution in [0.2, 0.25) is 25.1 Å². The number of ether oxygens (including phenoxy) is 5. The maximum atomic E-state index is 12.9. The van der Waals surface area contributed by atoms with E-state index >= 15 is 0 Å². The van der Waals surface area contributed by atoms with E-state index in [4.69, 9.17) is 81.7 Å². The van der Waals surface area contributed by atoms with Crippen LogP contribution < -0.4 is 49.9 Å². The molecule has 2 heterocycles. The highest BCUT2D eigenvalue weighted by atomic mass is 35.5. The van der Waals surface area contributed by atoms with Gasteiger partial charge in [-0.05, 0) is 268 Å². The van der Waals surface area contributed by atoms with Gasteiger partial charge in [-0.2, -0.15) is 0 Å². The highest BCUT2D eigenvalue weighted by Crippen LogP contribution is 2.34. The summed E-state index contributed by atoms with van der Waals surface area (Å²) in [5, 5.41) is 15.6. The van der Waals surface area contributed by atoms with E-state index in [0.717, 1.165) is 147 Å². The number of nitrogens with one attached hydrogen (secondary N) is 4. The minimum Gasteiger partial charge on any atom is -0.493 e. The van der Waals surface area contributed by atoms with Gasteiger partial charge in [-0.1, -0.05) is 119 Å². The number of hydrogen-bond acceptors (Lipinski definition) is 14. The summed E-state index contributed by atoms with van der Waals surface area (Å²) in [6, 6.07) is 60.5. The van der Waals surface area contributed by atoms with Gasteiger partial charge in [0.2, 0.25) is 0 Å². The molecule has 0 unspecified atom stereocenters. The monoisotopic (exact) mass is 1610 g/mol. The Hall–Kier alpha value is -9.63. The van der Waals surface area contributed by atoms with E-state index in [1.165, 1.54) is 11.1 Å². The molecule has 0 saturated carbocycles. The van der Waals surface area contributed by atoms with Gasteiger partial charge in [0, 0.05) is 111 Å². The summed E-state index contributed by atoms with van der Waals surface area (Å²) in [7, 11) is 7.99. The second kappa shape index (κ2) is 44.6. The Balaban J connectivity index is 0.000000177. The first-order valence-corrected chi connectivity index (χ1v) is 39.0. The summed E-state index contributed by atoms with van der Waals surface area (Å²) in [5.74, 6) is 3.25. The molecule has 10 aromatic rings. The Morgan fingerprint density at radius 3 is 1.49 bits per heavy atom. The molecule has 590 valence electrons. The Labute approximate surface area is 686 Å². The van der Waals surface area contributed by atoms with Crippen molar-refractivity contribution in [2.24, 2.45) is 4.99 Å². The molecule has 0 bridgehead atoms. The van der Waals surface area contributed by atoms with Crippen molar-refractivity contribution in [3.05, 3.63) is 292 Å². The number of rotatable bonds is 23. The normalized spacial score (nSPS) is 12.3. The van der Waals surface area contributed by atoms with Crippen molar-refractivity contribution in [1.29, 1.82) is 0 Å². The molecule has 0 spiro atoms. The van der Waals surface area contributed by atoms with Crippen LogP contribution in [0.5, 0.6) is 28.7 Å². The lowest BCUT2D eigenvalue weighted by atomic mass is 10.1. The Morgan fingerprint density at radius 2 is 0.929 bits per heavy atom. The van der Waals surface area contributed by atoms with Crippen molar-refractivity contribution < 1.29 is 38.1 Å². The number of hydrogen-bond donors (Lipinski definition) is 4. The summed E-state index contributed by atoms with van der Waals surface area (Å²) in [4.78, 5) is 50.7. The summed E-state index contributed by atoms with van der Waals surface area (Å²) in [5.41, 5.74) is 16.0. The third-order valence-corrected chi connectivity index (χ3v) is 20.2. The van der Waals surface area contributed by atoms with Gasteiger partial charge >= 0.3 is 0 Å². The van der Waals surface area contributed by atoms with E-state index in [-0.39, 0.29) is 17.7 Å². The molecular formula is C90H102Cl5N9O8. The van der Waals surface area contributed by atoms with E-state index in [1.807, 2.05) is 222 Å². The molecule has 17 nitrogen and oxygen atoms in total. The smallest absolute Gasteiger partial charge is 0.259 e. The Morgan fingerprint density at radius 1 is 0.473 bits per heavy atom. The molecule has 10 aromatic carbocycles. The fourth-order valence-electron chi connectivity index (χ4n) is 11.6. The zero-order valence-corrected chi connectivity index (χ0v) is 69.9. The Kier molecular flexibility index (Phi) is 35.0. The fraction of sp³-hybridized carbons (Fsp3) is 0.289. The number of aryl methyl sites for hydroxylation is 8. The van der Waals surface area contributed by atoms with Gasteiger partial charge in [0.05, 0.1) is 35.5 Å². The Bertz CT molecular complexity index is 4820. The zero-order chi connectivity index (χ0) is 80.8. The van der Waals surface area contributed by atoms with Crippen molar-refractivity contribution in [3.63, 3.8) is 0 Å². The van der Waals surface area contributed by atoms with Crippen LogP contribution in [0.25, 0.3) is 0 Å². The van der Waals surface area contributed by atoms with Gasteiger partial charge < -0.3 is 59.7 Å². The summed E-state index contributed by atoms with van der Waals surface area (Å²) in [6.45, 7) is 27.9. The average molecular weight is 1620 g/mol. The van der Waals surface area contributed by atoms with E-state index in [2.05, 4.69) is 60.0 Å². The first-order chi connectivity index (χ1) is 53.7. The van der Waals surface area contributed by atoms with Crippen molar-refractivity contribution in [3.8, 4) is 28.7 Å². The molecule has 22 heteroatoms. The molecule has 0 aliphatic carbocycles. The van der Waals surface area contributed by atoms with E-state index < -0.39 is 0 Å². The standard InChI is InChI=1S/C21H26ClN3O2.C20H25ClN2O2.C18H21ClN2O2.C16H16ClNO.C15H14ClNO/c1-15-4-3-5-19(27-13-12-25-10-8-23-9-11-25)20(15)21(26)24-17-6-7-18(22)16(2)14-17;1-5-24-19-7-6-8-20(25-12-11-23(3)4)17(19)14-22-16-9-10-18(21)15(2)13-16;1-13-12-14(8-9-16(13)19)20-18(22)15-6-4-5-7-17(15)23-11-10-21(2)3;1-11-4-3-5-16-14(11)9-18(10-19-16)13-6-7-15(17)12(2)8-13;1-10-5-3-4-6-13(10)15(18)17-12-7-8-14(16)11(2)9-12/h3-7,14,23H,8-13H2,1-2H3,(H,24,26);6-10,13-14H,5,11-12H2,1-4H3;4-9,12H,10-11H2,1-3H3,(H,20,22);3-8H,9-10H2,1-2H3;3-9H,1-2H3,(H,17,18). The number of nitrogens with zero attached hydrogens (tertiary/aromatic N) is 5. The maximum Gasteiger partial charge on any atom is 0.259 e. The largest absolute Gasteiger partial charge is 0.493 e. The minimum absolute atomic E-state index is 0.102. The highest BCUT2D eigenvalue weighted by Gasteiger charge is 2.22. The molecule has 4 N–H and O–H groups in total. The molecular weight excluding hydrogens is 1510 g/mol. The summed E-state index contributed by atoms with van der Waals surface area (Å²) < 4.78 is 29.2. The van der Waals surface area contributed by atoms with Gasteiger partial charge in [0.1, 0.15) is 48.6 Å². The van der Waals surface area contributed by atoms with Crippen molar-refractivity contribution in [2.45, 2.75) is 68.9 Å². The zero-order valence-electron chi connectivity index (χ0n) is 66.1. The molecule has 0 aromatic heterocycles. The molecule has 0 radical (unpaired) electrons. The van der Waals surface area contributed by atoms with E-state index in [9.17, 15) is 14.4 Å². The number of para-hydroxylation sites is 1. The fourth-order valence-corrected chi connectivity index (χ4v) is 12.2. The quantitative estimate of drug-likeness (QED) is 0.0447. The van der Waals surface area contributed by atoms with E-state index in [0.29, 0.717) is 82.1 Å². The van der Waals surface area contributed by atoms with E-state index in [1.54, 1.807) is 54.7 Å². The van der Waals surface area contributed by atoms with Crippen molar-refractivity contribution in [1.82, 2.24) is 20.0 Å². The molecule has 3 amide bonds. The molecule has 2 aliphatic heterocycles. The lowest BCUT2D eigenvalue weighted by molar-refractivity contribution is 0.101. The number of carbonyl (C=O) groups is 3. The predicted octanol–water partition coefficient (Wildman–Crippen LogP) is 20.6. The summed E-state index contributed by atoms with van der Waals surface area (Å²) >= 11 is 30.2. The van der Waals surface area contributed by atoms with Crippen LogP contribution in [0.1, 0.15) is 93.6 Å². The van der Waals surface area contributed by atoms with Crippen LogP contribution >= 0.6 is 58.0 Å². The minimum atomic E-state index is -0.202. The van der Waals surface area contributed by atoms with Crippen LogP contribution in [0.15, 0.2) is 199 Å². The number of anilines is 4. The molecule has 112 heavy (non-hydrogen) atoms. The van der Waals surface area contributed by atoms with Gasteiger partial charge in [0.25, 0.3) is 17.7 Å². The molecule has 12 rings (SSSR count). The molecule has 0 atom stereocenters. The van der Waals surface area contributed by atoms with Crippen LogP contribution in [0.3, 0.4) is 0 Å². The SMILES string of the molecule is CCOc1cccc(OCCN(C)C)c1C=Nc1ccc(Cl)c(C)c1.Cc1cc(N2COc3cccc(C)c3C2)ccc1Cl.Cc1cc(NC(=O)c2c(C)cccc2OCCN2CCNCC2)ccc1Cl.Cc1cc(NC(=O)c2ccccc2C)ccc1Cl.Cc1cc(NC(=O)c2ccccc2OCCN(C)C)ccc1Cl. The number of likely N-dealkylation sites (N-methyl/N-ethyl adjacent to an activating group) is 2. The predicted molar refractivity (Wildman–Crippen MR) is 464 cm³/mol.